The molecule has 0 atom stereocenters. The van der Waals surface area contributed by atoms with Gasteiger partial charge in [0, 0.05) is 20.2 Å². The summed E-state index contributed by atoms with van der Waals surface area (Å²) in [6.07, 6.45) is 4.69. The molecule has 0 aliphatic rings. The van der Waals surface area contributed by atoms with Crippen LogP contribution < -0.4 is 0 Å². The first-order valence-electron chi connectivity index (χ1n) is 3.63. The van der Waals surface area contributed by atoms with Gasteiger partial charge in [0.15, 0.2) is 0 Å². The molecular weight excluding hydrogens is 158 g/mol. The highest BCUT2D eigenvalue weighted by atomic mass is 16.5. The first-order chi connectivity index (χ1) is 5.68. The van der Waals surface area contributed by atoms with Crippen LogP contribution in [0.25, 0.3) is 0 Å². The number of carbonyl (C=O) groups is 1. The lowest BCUT2D eigenvalue weighted by Crippen LogP contribution is -2.26. The topological polar surface area (TPSA) is 49.8 Å². The lowest BCUT2D eigenvalue weighted by Gasteiger charge is -2.11. The van der Waals surface area contributed by atoms with Gasteiger partial charge in [0.2, 0.25) is 0 Å². The van der Waals surface area contributed by atoms with Crippen molar-refractivity contribution in [2.75, 3.05) is 26.8 Å². The molecule has 0 heterocycles. The first kappa shape index (κ1) is 10.8. The van der Waals surface area contributed by atoms with E-state index < -0.39 is 6.09 Å². The van der Waals surface area contributed by atoms with E-state index in [0.29, 0.717) is 19.6 Å². The molecule has 0 aromatic heterocycles. The Morgan fingerprint density at radius 1 is 1.75 bits per heavy atom. The molecule has 0 aliphatic heterocycles. The maximum absolute atomic E-state index is 10.3. The maximum Gasteiger partial charge on any atom is 0.407 e. The first-order valence-corrected chi connectivity index (χ1v) is 3.63. The summed E-state index contributed by atoms with van der Waals surface area (Å²) in [5.74, 6) is 2.33. The van der Waals surface area contributed by atoms with Crippen LogP contribution in [0.5, 0.6) is 0 Å². The van der Waals surface area contributed by atoms with Gasteiger partial charge < -0.3 is 14.7 Å². The van der Waals surface area contributed by atoms with Crippen molar-refractivity contribution in [2.24, 2.45) is 0 Å². The van der Waals surface area contributed by atoms with E-state index in [2.05, 4.69) is 5.92 Å². The Labute approximate surface area is 72.1 Å². The number of ether oxygens (including phenoxy) is 1. The monoisotopic (exact) mass is 171 g/mol. The van der Waals surface area contributed by atoms with Crippen molar-refractivity contribution in [2.45, 2.75) is 6.42 Å². The summed E-state index contributed by atoms with van der Waals surface area (Å²) in [5.41, 5.74) is 0. The molecule has 0 rings (SSSR count). The summed E-state index contributed by atoms with van der Waals surface area (Å²) in [6, 6.07) is 0. The van der Waals surface area contributed by atoms with Crippen molar-refractivity contribution < 1.29 is 14.6 Å². The maximum atomic E-state index is 10.3. The highest BCUT2D eigenvalue weighted by Gasteiger charge is 2.02. The molecule has 0 unspecified atom stereocenters. The molecule has 0 fully saturated rings. The van der Waals surface area contributed by atoms with Gasteiger partial charge >= 0.3 is 6.09 Å². The van der Waals surface area contributed by atoms with Crippen LogP contribution >= 0.6 is 0 Å². The Kier molecular flexibility index (Phi) is 5.84. The summed E-state index contributed by atoms with van der Waals surface area (Å²) in [6.45, 7) is 1.26. The zero-order chi connectivity index (χ0) is 9.40. The third-order valence-corrected chi connectivity index (χ3v) is 1.29. The standard InChI is InChI=1S/C8H13NO3/c1-3-6-12-7-4-5-9(2)8(10)11/h1H,4-7H2,2H3,(H,10,11). The van der Waals surface area contributed by atoms with Gasteiger partial charge in [-0.25, -0.2) is 4.79 Å². The predicted octanol–water partition coefficient (Wildman–Crippen LogP) is 0.636. The molecule has 4 heteroatoms. The van der Waals surface area contributed by atoms with Crippen LogP contribution in [-0.2, 0) is 4.74 Å². The van der Waals surface area contributed by atoms with Crippen LogP contribution in [0.3, 0.4) is 0 Å². The zero-order valence-corrected chi connectivity index (χ0v) is 7.12. The normalized spacial score (nSPS) is 9.00. The molecule has 1 N–H and O–H groups in total. The van der Waals surface area contributed by atoms with E-state index in [1.807, 2.05) is 0 Å². The van der Waals surface area contributed by atoms with Crippen molar-refractivity contribution >= 4 is 6.09 Å². The van der Waals surface area contributed by atoms with Gasteiger partial charge in [0.05, 0.1) is 0 Å². The Hall–Kier alpha value is -1.21. The minimum atomic E-state index is -0.924. The van der Waals surface area contributed by atoms with Gasteiger partial charge in [-0.15, -0.1) is 6.42 Å². The second kappa shape index (κ2) is 6.50. The fourth-order valence-corrected chi connectivity index (χ4v) is 0.631. The van der Waals surface area contributed by atoms with Crippen molar-refractivity contribution in [3.8, 4) is 12.3 Å². The van der Waals surface area contributed by atoms with Crippen LogP contribution in [0.1, 0.15) is 6.42 Å². The number of hydrogen-bond acceptors (Lipinski definition) is 2. The molecule has 68 valence electrons. The second-order valence-electron chi connectivity index (χ2n) is 2.31. The third-order valence-electron chi connectivity index (χ3n) is 1.29. The van der Waals surface area contributed by atoms with E-state index >= 15 is 0 Å². The van der Waals surface area contributed by atoms with Crippen molar-refractivity contribution in [3.05, 3.63) is 0 Å². The average Bonchev–Trinajstić information content (AvgIpc) is 2.03. The third kappa shape index (κ3) is 5.57. The molecule has 0 aromatic carbocycles. The zero-order valence-electron chi connectivity index (χ0n) is 7.12. The Morgan fingerprint density at radius 3 is 2.92 bits per heavy atom. The number of amides is 1. The fraction of sp³-hybridized carbons (Fsp3) is 0.625. The molecule has 0 radical (unpaired) electrons. The number of carboxylic acid groups (broad SMARTS) is 1. The van der Waals surface area contributed by atoms with Crippen molar-refractivity contribution in [1.82, 2.24) is 4.90 Å². The van der Waals surface area contributed by atoms with E-state index in [-0.39, 0.29) is 6.61 Å². The highest BCUT2D eigenvalue weighted by Crippen LogP contribution is 1.88. The van der Waals surface area contributed by atoms with Crippen molar-refractivity contribution in [3.63, 3.8) is 0 Å². The largest absolute Gasteiger partial charge is 0.465 e. The lowest BCUT2D eigenvalue weighted by atomic mass is 10.4. The van der Waals surface area contributed by atoms with Gasteiger partial charge in [-0.1, -0.05) is 5.92 Å². The van der Waals surface area contributed by atoms with Crippen molar-refractivity contribution in [1.29, 1.82) is 0 Å². The molecule has 0 bridgehead atoms. The summed E-state index contributed by atoms with van der Waals surface area (Å²) in [4.78, 5) is 11.5. The molecule has 0 saturated carbocycles. The van der Waals surface area contributed by atoms with Crippen LogP contribution in [0, 0.1) is 12.3 Å². The van der Waals surface area contributed by atoms with Crippen LogP contribution in [0.2, 0.25) is 0 Å². The highest BCUT2D eigenvalue weighted by molar-refractivity contribution is 5.64. The van der Waals surface area contributed by atoms with Gasteiger partial charge in [-0.2, -0.15) is 0 Å². The van der Waals surface area contributed by atoms with Gasteiger partial charge in [-0.05, 0) is 6.42 Å². The van der Waals surface area contributed by atoms with Crippen LogP contribution in [-0.4, -0.2) is 42.9 Å². The van der Waals surface area contributed by atoms with E-state index in [0.717, 1.165) is 0 Å². The Bertz CT molecular complexity index is 174. The number of hydrogen-bond donors (Lipinski definition) is 1. The van der Waals surface area contributed by atoms with Gasteiger partial charge in [0.25, 0.3) is 0 Å². The molecule has 1 amide bonds. The van der Waals surface area contributed by atoms with E-state index in [1.165, 1.54) is 11.9 Å². The predicted molar refractivity (Wildman–Crippen MR) is 44.9 cm³/mol. The molecule has 12 heavy (non-hydrogen) atoms. The number of terminal acetylenes is 1. The summed E-state index contributed by atoms with van der Waals surface area (Å²) >= 11 is 0. The molecule has 4 nitrogen and oxygen atoms in total. The second-order valence-corrected chi connectivity index (χ2v) is 2.31. The average molecular weight is 171 g/mol. The molecule has 0 saturated heterocycles. The minimum Gasteiger partial charge on any atom is -0.465 e. The van der Waals surface area contributed by atoms with Gasteiger partial charge in [-0.3, -0.25) is 0 Å². The molecule has 0 aromatic rings. The van der Waals surface area contributed by atoms with Gasteiger partial charge in [0.1, 0.15) is 6.61 Å². The van der Waals surface area contributed by atoms with Crippen LogP contribution in [0.4, 0.5) is 4.79 Å². The summed E-state index contributed by atoms with van der Waals surface area (Å²) in [5, 5.41) is 8.44. The lowest BCUT2D eigenvalue weighted by molar-refractivity contribution is 0.136. The Balaban J connectivity index is 3.21. The molecular formula is C8H13NO3. The SMILES string of the molecule is C#CCOCCCN(C)C(=O)O. The summed E-state index contributed by atoms with van der Waals surface area (Å²) in [7, 11) is 1.52. The molecule has 0 spiro atoms. The Morgan fingerprint density at radius 2 is 2.42 bits per heavy atom. The van der Waals surface area contributed by atoms with E-state index in [1.54, 1.807) is 0 Å². The molecule has 0 aliphatic carbocycles. The van der Waals surface area contributed by atoms with E-state index in [9.17, 15) is 4.79 Å². The number of nitrogens with zero attached hydrogens (tertiary/aromatic N) is 1. The smallest absolute Gasteiger partial charge is 0.407 e. The summed E-state index contributed by atoms with van der Waals surface area (Å²) < 4.78 is 4.96. The number of rotatable bonds is 5. The quantitative estimate of drug-likeness (QED) is 0.487. The fourth-order valence-electron chi connectivity index (χ4n) is 0.631. The minimum absolute atomic E-state index is 0.288. The van der Waals surface area contributed by atoms with Crippen LogP contribution in [0.15, 0.2) is 0 Å². The van der Waals surface area contributed by atoms with E-state index in [4.69, 9.17) is 16.3 Å².